The Balaban J connectivity index is 2.14. The predicted octanol–water partition coefficient (Wildman–Crippen LogP) is 0.521. The van der Waals surface area contributed by atoms with E-state index in [-0.39, 0.29) is 30.2 Å². The lowest BCUT2D eigenvalue weighted by Crippen LogP contribution is -2.50. The summed E-state index contributed by atoms with van der Waals surface area (Å²) in [5.74, 6) is -0.906. The van der Waals surface area contributed by atoms with Crippen LogP contribution in [0.25, 0.3) is 0 Å². The molecule has 4 amide bonds. The molecule has 2 rings (SSSR count). The van der Waals surface area contributed by atoms with E-state index in [0.717, 1.165) is 24.0 Å². The van der Waals surface area contributed by atoms with Gasteiger partial charge < -0.3 is 10.2 Å². The number of carbonyl (C=O) groups is 3. The zero-order valence-corrected chi connectivity index (χ0v) is 16.1. The van der Waals surface area contributed by atoms with Gasteiger partial charge in [-0.15, -0.1) is 0 Å². The van der Waals surface area contributed by atoms with E-state index in [4.69, 9.17) is 0 Å². The highest BCUT2D eigenvalue weighted by Gasteiger charge is 2.50. The first kappa shape index (κ1) is 19.7. The Kier molecular flexibility index (Phi) is 5.46. The van der Waals surface area contributed by atoms with Gasteiger partial charge in [-0.1, -0.05) is 13.8 Å². The summed E-state index contributed by atoms with van der Waals surface area (Å²) in [5, 5.41) is 2.69. The summed E-state index contributed by atoms with van der Waals surface area (Å²) in [5.41, 5.74) is -0.944. The number of carbonyl (C=O) groups excluding carboxylic acids is 3. The average Bonchev–Trinajstić information content (AvgIpc) is 3.28. The van der Waals surface area contributed by atoms with Crippen molar-refractivity contribution < 1.29 is 22.8 Å². The fraction of sp³-hybridized carbons (Fsp3) is 0.812. The van der Waals surface area contributed by atoms with Crippen molar-refractivity contribution >= 4 is 27.7 Å². The minimum absolute atomic E-state index is 0.00729. The summed E-state index contributed by atoms with van der Waals surface area (Å²) < 4.78 is 23.1. The van der Waals surface area contributed by atoms with Crippen molar-refractivity contribution in [3.05, 3.63) is 0 Å². The van der Waals surface area contributed by atoms with Crippen molar-refractivity contribution in [3.8, 4) is 0 Å². The molecule has 1 saturated carbocycles. The molecule has 0 aromatic rings. The first-order chi connectivity index (χ1) is 11.5. The van der Waals surface area contributed by atoms with Crippen LogP contribution in [-0.4, -0.2) is 72.2 Å². The number of sulfone groups is 1. The standard InChI is InChI=1S/C16H27N3O5S/c1-5-16(6-2)14(21)18(15(22)17-16)9-13(20)19(12-7-8-12)11(3)10-25(4,23)24/h11-12H,5-10H2,1-4H3,(H,17,22). The van der Waals surface area contributed by atoms with Crippen molar-refractivity contribution in [1.29, 1.82) is 0 Å². The minimum atomic E-state index is -3.24. The van der Waals surface area contributed by atoms with Crippen LogP contribution in [0.5, 0.6) is 0 Å². The van der Waals surface area contributed by atoms with E-state index in [1.165, 1.54) is 4.90 Å². The molecule has 1 atom stereocenters. The molecule has 1 aliphatic carbocycles. The smallest absolute Gasteiger partial charge is 0.325 e. The highest BCUT2D eigenvalue weighted by atomic mass is 32.2. The molecule has 1 N–H and O–H groups in total. The Morgan fingerprint density at radius 1 is 1.32 bits per heavy atom. The van der Waals surface area contributed by atoms with E-state index in [2.05, 4.69) is 5.32 Å². The second-order valence-electron chi connectivity index (χ2n) is 7.08. The van der Waals surface area contributed by atoms with Crippen LogP contribution in [0.15, 0.2) is 0 Å². The Morgan fingerprint density at radius 3 is 2.28 bits per heavy atom. The Morgan fingerprint density at radius 2 is 1.88 bits per heavy atom. The lowest BCUT2D eigenvalue weighted by atomic mass is 9.93. The number of urea groups is 1. The molecule has 0 aromatic heterocycles. The van der Waals surface area contributed by atoms with Gasteiger partial charge >= 0.3 is 6.03 Å². The number of nitrogens with one attached hydrogen (secondary N) is 1. The lowest BCUT2D eigenvalue weighted by molar-refractivity contribution is -0.140. The SMILES string of the molecule is CCC1(CC)NC(=O)N(CC(=O)N(C(C)CS(C)(=O)=O)C2CC2)C1=O. The van der Waals surface area contributed by atoms with E-state index in [9.17, 15) is 22.8 Å². The van der Waals surface area contributed by atoms with Gasteiger partial charge in [0.25, 0.3) is 5.91 Å². The third-order valence-electron chi connectivity index (χ3n) is 4.99. The molecule has 1 heterocycles. The maximum absolute atomic E-state index is 12.7. The second kappa shape index (κ2) is 6.93. The van der Waals surface area contributed by atoms with Crippen LogP contribution in [0.3, 0.4) is 0 Å². The number of amides is 4. The molecule has 0 radical (unpaired) electrons. The zero-order chi connectivity index (χ0) is 19.0. The van der Waals surface area contributed by atoms with Crippen LogP contribution in [0.1, 0.15) is 46.5 Å². The fourth-order valence-corrected chi connectivity index (χ4v) is 4.48. The molecule has 1 unspecified atom stereocenters. The summed E-state index contributed by atoms with van der Waals surface area (Å²) >= 11 is 0. The second-order valence-corrected chi connectivity index (χ2v) is 9.27. The van der Waals surface area contributed by atoms with E-state index < -0.39 is 27.4 Å². The number of imide groups is 1. The van der Waals surface area contributed by atoms with E-state index in [1.54, 1.807) is 6.92 Å². The summed E-state index contributed by atoms with van der Waals surface area (Å²) in [6.45, 7) is 4.97. The van der Waals surface area contributed by atoms with Crippen LogP contribution in [0.4, 0.5) is 4.79 Å². The molecule has 0 bridgehead atoms. The topological polar surface area (TPSA) is 104 Å². The summed E-state index contributed by atoms with van der Waals surface area (Å²) in [6.07, 6.45) is 3.67. The largest absolute Gasteiger partial charge is 0.334 e. The molecule has 0 spiro atoms. The zero-order valence-electron chi connectivity index (χ0n) is 15.2. The van der Waals surface area contributed by atoms with Gasteiger partial charge in [-0.2, -0.15) is 0 Å². The molecule has 2 aliphatic rings. The molecule has 1 saturated heterocycles. The van der Waals surface area contributed by atoms with Gasteiger partial charge in [0.2, 0.25) is 5.91 Å². The minimum Gasteiger partial charge on any atom is -0.334 e. The van der Waals surface area contributed by atoms with Gasteiger partial charge in [-0.3, -0.25) is 14.5 Å². The van der Waals surface area contributed by atoms with Crippen LogP contribution >= 0.6 is 0 Å². The van der Waals surface area contributed by atoms with Gasteiger partial charge in [-0.05, 0) is 32.6 Å². The Labute approximate surface area is 148 Å². The van der Waals surface area contributed by atoms with Crippen molar-refractivity contribution in [1.82, 2.24) is 15.1 Å². The molecular weight excluding hydrogens is 346 g/mol. The van der Waals surface area contributed by atoms with Crippen molar-refractivity contribution in [2.45, 2.75) is 64.1 Å². The molecule has 142 valence electrons. The van der Waals surface area contributed by atoms with Gasteiger partial charge in [0, 0.05) is 18.3 Å². The fourth-order valence-electron chi connectivity index (χ4n) is 3.45. The quantitative estimate of drug-likeness (QED) is 0.625. The maximum Gasteiger partial charge on any atom is 0.325 e. The van der Waals surface area contributed by atoms with Crippen LogP contribution in [-0.2, 0) is 19.4 Å². The third-order valence-corrected chi connectivity index (χ3v) is 6.08. The Bertz CT molecular complexity index is 667. The highest BCUT2D eigenvalue weighted by Crippen LogP contribution is 2.30. The van der Waals surface area contributed by atoms with Gasteiger partial charge in [0.1, 0.15) is 21.9 Å². The Hall–Kier alpha value is -1.64. The number of hydrogen-bond acceptors (Lipinski definition) is 5. The van der Waals surface area contributed by atoms with E-state index >= 15 is 0 Å². The maximum atomic E-state index is 12.7. The monoisotopic (exact) mass is 373 g/mol. The van der Waals surface area contributed by atoms with Crippen molar-refractivity contribution in [2.75, 3.05) is 18.6 Å². The number of nitrogens with zero attached hydrogens (tertiary/aromatic N) is 2. The number of rotatable bonds is 8. The van der Waals surface area contributed by atoms with Crippen LogP contribution in [0, 0.1) is 0 Å². The normalized spacial score (nSPS) is 21.2. The molecule has 1 aliphatic heterocycles. The third kappa shape index (κ3) is 4.13. The molecular formula is C16H27N3O5S. The molecule has 9 heteroatoms. The summed E-state index contributed by atoms with van der Waals surface area (Å²) in [7, 11) is -3.24. The first-order valence-corrected chi connectivity index (χ1v) is 10.7. The predicted molar refractivity (Wildman–Crippen MR) is 92.6 cm³/mol. The van der Waals surface area contributed by atoms with Crippen LogP contribution < -0.4 is 5.32 Å². The van der Waals surface area contributed by atoms with E-state index in [0.29, 0.717) is 12.8 Å². The van der Waals surface area contributed by atoms with Crippen molar-refractivity contribution in [2.24, 2.45) is 0 Å². The number of hydrogen-bond donors (Lipinski definition) is 1. The first-order valence-electron chi connectivity index (χ1n) is 8.67. The highest BCUT2D eigenvalue weighted by molar-refractivity contribution is 7.90. The molecule has 2 fully saturated rings. The molecule has 25 heavy (non-hydrogen) atoms. The molecule has 8 nitrogen and oxygen atoms in total. The van der Waals surface area contributed by atoms with Crippen LogP contribution in [0.2, 0.25) is 0 Å². The summed E-state index contributed by atoms with van der Waals surface area (Å²) in [6, 6.07) is -1.06. The lowest BCUT2D eigenvalue weighted by Gasteiger charge is -2.30. The van der Waals surface area contributed by atoms with Gasteiger partial charge in [-0.25, -0.2) is 13.2 Å². The van der Waals surface area contributed by atoms with Gasteiger partial charge in [0.05, 0.1) is 5.75 Å². The van der Waals surface area contributed by atoms with Crippen molar-refractivity contribution in [3.63, 3.8) is 0 Å². The molecule has 0 aromatic carbocycles. The van der Waals surface area contributed by atoms with Gasteiger partial charge in [0.15, 0.2) is 0 Å². The summed E-state index contributed by atoms with van der Waals surface area (Å²) in [4.78, 5) is 40.0. The average molecular weight is 373 g/mol. The van der Waals surface area contributed by atoms with E-state index in [1.807, 2.05) is 13.8 Å².